The molecule has 2 heterocycles. The zero-order valence-corrected chi connectivity index (χ0v) is 14.1. The van der Waals surface area contributed by atoms with Crippen molar-refractivity contribution in [2.75, 3.05) is 13.1 Å². The van der Waals surface area contributed by atoms with E-state index in [0.717, 1.165) is 18.6 Å². The largest absolute Gasteiger partial charge is 0.416 e. The number of hydrogen-bond acceptors (Lipinski definition) is 3. The number of likely N-dealkylation sites (tertiary alicyclic amines) is 1. The lowest BCUT2D eigenvalue weighted by molar-refractivity contribution is -0.137. The van der Waals surface area contributed by atoms with E-state index in [1.807, 2.05) is 6.07 Å². The van der Waals surface area contributed by atoms with Crippen molar-refractivity contribution >= 4 is 5.91 Å². The summed E-state index contributed by atoms with van der Waals surface area (Å²) in [4.78, 5) is 13.1. The van der Waals surface area contributed by atoms with Gasteiger partial charge in [0.15, 0.2) is 0 Å². The predicted molar refractivity (Wildman–Crippen MR) is 90.0 cm³/mol. The van der Waals surface area contributed by atoms with E-state index in [9.17, 15) is 18.0 Å². The number of rotatable bonds is 4. The van der Waals surface area contributed by atoms with Gasteiger partial charge in [-0.2, -0.15) is 18.3 Å². The van der Waals surface area contributed by atoms with E-state index in [1.54, 1.807) is 17.3 Å². The zero-order valence-electron chi connectivity index (χ0n) is 14.1. The minimum atomic E-state index is -4.32. The molecule has 1 amide bonds. The summed E-state index contributed by atoms with van der Waals surface area (Å²) in [6.45, 7) is 4.77. The van der Waals surface area contributed by atoms with Gasteiger partial charge in [0, 0.05) is 25.5 Å². The molecule has 1 aromatic heterocycles. The maximum Gasteiger partial charge on any atom is 0.416 e. The number of amides is 1. The molecule has 1 saturated heterocycles. The first kappa shape index (κ1) is 19.7. The third-order valence-electron chi connectivity index (χ3n) is 3.80. The monoisotopic (exact) mass is 367 g/mol. The second-order valence-electron chi connectivity index (χ2n) is 5.67. The molecule has 1 atom stereocenters. The van der Waals surface area contributed by atoms with Gasteiger partial charge in [-0.1, -0.05) is 18.7 Å². The quantitative estimate of drug-likeness (QED) is 0.843. The topological polar surface area (TPSA) is 58.2 Å². The van der Waals surface area contributed by atoms with E-state index in [-0.39, 0.29) is 18.6 Å². The number of H-pyrrole nitrogens is 1. The second kappa shape index (κ2) is 9.19. The van der Waals surface area contributed by atoms with Gasteiger partial charge in [0.25, 0.3) is 0 Å². The molecule has 0 aliphatic carbocycles. The molecule has 1 aliphatic rings. The fourth-order valence-electron chi connectivity index (χ4n) is 2.41. The van der Waals surface area contributed by atoms with Crippen LogP contribution in [-0.4, -0.2) is 40.2 Å². The van der Waals surface area contributed by atoms with Crippen LogP contribution in [0.3, 0.4) is 0 Å². The minimum Gasteiger partial charge on any atom is -0.372 e. The number of carbonyl (C=O) groups excluding carboxylic acids is 1. The molecule has 1 aromatic carbocycles. The van der Waals surface area contributed by atoms with E-state index in [1.165, 1.54) is 18.2 Å². The smallest absolute Gasteiger partial charge is 0.372 e. The van der Waals surface area contributed by atoms with Crippen molar-refractivity contribution in [2.24, 2.45) is 0 Å². The molecule has 1 fully saturated rings. The van der Waals surface area contributed by atoms with Gasteiger partial charge in [0.1, 0.15) is 0 Å². The molecule has 1 unspecified atom stereocenters. The first-order valence-electron chi connectivity index (χ1n) is 8.03. The number of carbonyl (C=O) groups is 1. The number of alkyl halides is 3. The van der Waals surface area contributed by atoms with Crippen LogP contribution in [0, 0.1) is 0 Å². The standard InChI is InChI=1S/C15H16F3NO2.C3H4N2/c1-2-14(20)19-8-7-13(9-19)21-10-11-3-5-12(6-4-11)15(16,17)18;1-2-4-5-3-1/h2-6,13H,1,7-10H2;1-3H,(H,4,5). The Morgan fingerprint density at radius 2 is 2.12 bits per heavy atom. The average Bonchev–Trinajstić information content (AvgIpc) is 3.33. The normalized spacial score (nSPS) is 16.7. The van der Waals surface area contributed by atoms with Gasteiger partial charge in [0.2, 0.25) is 5.91 Å². The third kappa shape index (κ3) is 6.03. The van der Waals surface area contributed by atoms with E-state index >= 15 is 0 Å². The maximum absolute atomic E-state index is 12.4. The highest BCUT2D eigenvalue weighted by atomic mass is 19.4. The van der Waals surface area contributed by atoms with E-state index in [4.69, 9.17) is 4.74 Å². The van der Waals surface area contributed by atoms with Crippen LogP contribution < -0.4 is 0 Å². The molecule has 0 spiro atoms. The maximum atomic E-state index is 12.4. The molecule has 1 aliphatic heterocycles. The summed E-state index contributed by atoms with van der Waals surface area (Å²) in [6.07, 6.45) is 1.03. The van der Waals surface area contributed by atoms with E-state index in [0.29, 0.717) is 18.7 Å². The van der Waals surface area contributed by atoms with Crippen LogP contribution in [0.15, 0.2) is 55.4 Å². The first-order chi connectivity index (χ1) is 12.4. The Kier molecular flexibility index (Phi) is 6.97. The van der Waals surface area contributed by atoms with Crippen molar-refractivity contribution in [1.82, 2.24) is 15.1 Å². The van der Waals surface area contributed by atoms with Crippen LogP contribution in [-0.2, 0) is 22.3 Å². The molecule has 140 valence electrons. The summed E-state index contributed by atoms with van der Waals surface area (Å²) in [7, 11) is 0. The molecule has 5 nitrogen and oxygen atoms in total. The molecule has 0 radical (unpaired) electrons. The van der Waals surface area contributed by atoms with Crippen LogP contribution >= 0.6 is 0 Å². The van der Waals surface area contributed by atoms with E-state index < -0.39 is 11.7 Å². The third-order valence-corrected chi connectivity index (χ3v) is 3.80. The molecule has 2 aromatic rings. The van der Waals surface area contributed by atoms with Gasteiger partial charge in [-0.15, -0.1) is 0 Å². The lowest BCUT2D eigenvalue weighted by atomic mass is 10.1. The Hall–Kier alpha value is -2.61. The summed E-state index contributed by atoms with van der Waals surface area (Å²) < 4.78 is 42.9. The number of benzene rings is 1. The van der Waals surface area contributed by atoms with Crippen LogP contribution in [0.1, 0.15) is 17.5 Å². The van der Waals surface area contributed by atoms with Crippen molar-refractivity contribution in [3.05, 3.63) is 66.5 Å². The first-order valence-corrected chi connectivity index (χ1v) is 8.03. The lowest BCUT2D eigenvalue weighted by Crippen LogP contribution is -2.28. The Balaban J connectivity index is 0.000000417. The molecule has 3 rings (SSSR count). The summed E-state index contributed by atoms with van der Waals surface area (Å²) in [5, 5.41) is 6.21. The lowest BCUT2D eigenvalue weighted by Gasteiger charge is -2.15. The number of aromatic nitrogens is 2. The number of nitrogens with zero attached hydrogens (tertiary/aromatic N) is 2. The van der Waals surface area contributed by atoms with Gasteiger partial charge >= 0.3 is 6.18 Å². The van der Waals surface area contributed by atoms with E-state index in [2.05, 4.69) is 16.8 Å². The van der Waals surface area contributed by atoms with Crippen molar-refractivity contribution in [2.45, 2.75) is 25.3 Å². The van der Waals surface area contributed by atoms with Gasteiger partial charge in [0.05, 0.1) is 18.3 Å². The summed E-state index contributed by atoms with van der Waals surface area (Å²) in [5.41, 5.74) is 0.00590. The molecule has 0 saturated carbocycles. The van der Waals surface area contributed by atoms with Gasteiger partial charge in [-0.05, 0) is 36.3 Å². The Morgan fingerprint density at radius 3 is 2.62 bits per heavy atom. The summed E-state index contributed by atoms with van der Waals surface area (Å²) in [6, 6.07) is 6.73. The average molecular weight is 367 g/mol. The number of aromatic amines is 1. The van der Waals surface area contributed by atoms with Crippen LogP contribution in [0.5, 0.6) is 0 Å². The van der Waals surface area contributed by atoms with Gasteiger partial charge < -0.3 is 9.64 Å². The molecular weight excluding hydrogens is 347 g/mol. The van der Waals surface area contributed by atoms with Gasteiger partial charge in [-0.3, -0.25) is 9.89 Å². The molecule has 8 heteroatoms. The number of hydrogen-bond donors (Lipinski definition) is 1. The highest BCUT2D eigenvalue weighted by molar-refractivity contribution is 5.87. The summed E-state index contributed by atoms with van der Waals surface area (Å²) in [5.74, 6) is -0.129. The predicted octanol–water partition coefficient (Wildman–Crippen LogP) is 3.42. The van der Waals surface area contributed by atoms with Crippen molar-refractivity contribution in [3.63, 3.8) is 0 Å². The molecule has 26 heavy (non-hydrogen) atoms. The van der Waals surface area contributed by atoms with Crippen LogP contribution in [0.4, 0.5) is 13.2 Å². The SMILES string of the molecule is C=CC(=O)N1CCC(OCc2ccc(C(F)(F)F)cc2)C1.c1cn[nH]c1. The molecular formula is C18H20F3N3O2. The zero-order chi connectivity index (χ0) is 19.0. The van der Waals surface area contributed by atoms with Crippen LogP contribution in [0.2, 0.25) is 0 Å². The van der Waals surface area contributed by atoms with Crippen LogP contribution in [0.25, 0.3) is 0 Å². The Bertz CT molecular complexity index is 667. The highest BCUT2D eigenvalue weighted by Gasteiger charge is 2.30. The molecule has 1 N–H and O–H groups in total. The Morgan fingerprint density at radius 1 is 1.38 bits per heavy atom. The Labute approximate surface area is 149 Å². The van der Waals surface area contributed by atoms with Crippen molar-refractivity contribution < 1.29 is 22.7 Å². The summed E-state index contributed by atoms with van der Waals surface area (Å²) >= 11 is 0. The fourth-order valence-corrected chi connectivity index (χ4v) is 2.41. The second-order valence-corrected chi connectivity index (χ2v) is 5.67. The number of nitrogens with one attached hydrogen (secondary N) is 1. The number of ether oxygens (including phenoxy) is 1. The number of halogens is 3. The highest BCUT2D eigenvalue weighted by Crippen LogP contribution is 2.29. The van der Waals surface area contributed by atoms with Crippen molar-refractivity contribution in [3.8, 4) is 0 Å². The molecule has 0 bridgehead atoms. The van der Waals surface area contributed by atoms with Gasteiger partial charge in [-0.25, -0.2) is 0 Å². The minimum absolute atomic E-state index is 0.0869. The van der Waals surface area contributed by atoms with Crippen molar-refractivity contribution in [1.29, 1.82) is 0 Å². The fraction of sp³-hybridized carbons (Fsp3) is 0.333.